The van der Waals surface area contributed by atoms with E-state index < -0.39 is 18.0 Å². The van der Waals surface area contributed by atoms with Gasteiger partial charge in [0.25, 0.3) is 0 Å². The normalized spacial score (nSPS) is 12.3. The van der Waals surface area contributed by atoms with Gasteiger partial charge in [0.15, 0.2) is 0 Å². The Morgan fingerprint density at radius 3 is 2.76 bits per heavy atom. The quantitative estimate of drug-likeness (QED) is 0.724. The Bertz CT molecular complexity index is 472. The largest absolute Gasteiger partial charge is 0.389 e. The van der Waals surface area contributed by atoms with E-state index in [4.69, 9.17) is 16.3 Å². The molecule has 0 saturated carbocycles. The van der Waals surface area contributed by atoms with Crippen LogP contribution in [-0.4, -0.2) is 37.0 Å². The molecule has 21 heavy (non-hydrogen) atoms. The van der Waals surface area contributed by atoms with Crippen LogP contribution in [0.5, 0.6) is 0 Å². The maximum atomic E-state index is 13.0. The van der Waals surface area contributed by atoms with Gasteiger partial charge in [-0.05, 0) is 24.1 Å². The molecule has 1 rings (SSSR count). The fourth-order valence-corrected chi connectivity index (χ4v) is 1.64. The number of carbonyl (C=O) groups excluding carboxylic acids is 1. The Morgan fingerprint density at radius 2 is 2.14 bits per heavy atom. The van der Waals surface area contributed by atoms with E-state index in [9.17, 15) is 14.3 Å². The number of aliphatic hydroxyl groups is 1. The highest BCUT2D eigenvalue weighted by Crippen LogP contribution is 2.19. The summed E-state index contributed by atoms with van der Waals surface area (Å²) in [5.74, 6) is -0.169. The topological polar surface area (TPSA) is 70.6 Å². The third-order valence-electron chi connectivity index (χ3n) is 2.44. The Hall–Kier alpha value is -1.37. The minimum Gasteiger partial charge on any atom is -0.389 e. The number of nitrogens with one attached hydrogen (secondary N) is 2. The molecular weight excluding hydrogens is 299 g/mol. The summed E-state index contributed by atoms with van der Waals surface area (Å²) in [5, 5.41) is 14.5. The molecule has 0 saturated heterocycles. The predicted molar refractivity (Wildman–Crippen MR) is 80.1 cm³/mol. The van der Waals surface area contributed by atoms with Gasteiger partial charge in [-0.2, -0.15) is 0 Å². The number of rotatable bonds is 7. The second kappa shape index (κ2) is 8.81. The van der Waals surface area contributed by atoms with E-state index >= 15 is 0 Å². The van der Waals surface area contributed by atoms with Crippen LogP contribution in [-0.2, 0) is 4.74 Å². The smallest absolute Gasteiger partial charge is 0.319 e. The third kappa shape index (κ3) is 7.27. The molecule has 3 N–H and O–H groups in total. The summed E-state index contributed by atoms with van der Waals surface area (Å²) in [6.07, 6.45) is -0.786. The van der Waals surface area contributed by atoms with Crippen molar-refractivity contribution in [2.24, 2.45) is 5.92 Å². The molecule has 0 aliphatic carbocycles. The Balaban J connectivity index is 2.28. The summed E-state index contributed by atoms with van der Waals surface area (Å²) in [7, 11) is 0. The molecule has 2 amide bonds. The molecule has 1 atom stereocenters. The van der Waals surface area contributed by atoms with Crippen molar-refractivity contribution in [3.8, 4) is 0 Å². The van der Waals surface area contributed by atoms with Crippen molar-refractivity contribution in [2.75, 3.05) is 25.1 Å². The number of amides is 2. The summed E-state index contributed by atoms with van der Waals surface area (Å²) in [4.78, 5) is 11.6. The van der Waals surface area contributed by atoms with Gasteiger partial charge < -0.3 is 20.5 Å². The molecule has 1 aromatic carbocycles. The first-order chi connectivity index (χ1) is 9.88. The predicted octanol–water partition coefficient (Wildman–Crippen LogP) is 2.63. The van der Waals surface area contributed by atoms with E-state index in [-0.39, 0.29) is 18.2 Å². The van der Waals surface area contributed by atoms with Crippen LogP contribution in [0.2, 0.25) is 5.02 Å². The zero-order valence-corrected chi connectivity index (χ0v) is 12.8. The Labute approximate surface area is 128 Å². The fraction of sp³-hybridized carbons (Fsp3) is 0.500. The molecule has 5 nitrogen and oxygen atoms in total. The number of hydrogen-bond donors (Lipinski definition) is 3. The van der Waals surface area contributed by atoms with Crippen LogP contribution in [0.15, 0.2) is 18.2 Å². The van der Waals surface area contributed by atoms with Gasteiger partial charge in [-0.25, -0.2) is 9.18 Å². The molecule has 0 fully saturated rings. The lowest BCUT2D eigenvalue weighted by Gasteiger charge is -2.14. The van der Waals surface area contributed by atoms with Crippen LogP contribution in [0.1, 0.15) is 13.8 Å². The lowest BCUT2D eigenvalue weighted by Crippen LogP contribution is -2.37. The number of anilines is 1. The van der Waals surface area contributed by atoms with Crippen molar-refractivity contribution < 1.29 is 19.0 Å². The molecule has 1 unspecified atom stereocenters. The summed E-state index contributed by atoms with van der Waals surface area (Å²) in [6, 6.07) is 3.34. The zero-order valence-electron chi connectivity index (χ0n) is 12.0. The van der Waals surface area contributed by atoms with Crippen LogP contribution >= 0.6 is 11.6 Å². The maximum absolute atomic E-state index is 13.0. The van der Waals surface area contributed by atoms with Gasteiger partial charge in [0, 0.05) is 18.8 Å². The molecule has 0 radical (unpaired) electrons. The molecule has 7 heteroatoms. The van der Waals surface area contributed by atoms with Crippen molar-refractivity contribution in [3.63, 3.8) is 0 Å². The van der Waals surface area contributed by atoms with Gasteiger partial charge in [-0.3, -0.25) is 0 Å². The van der Waals surface area contributed by atoms with E-state index in [1.54, 1.807) is 0 Å². The molecule has 1 aromatic rings. The molecule has 0 spiro atoms. The second-order valence-corrected chi connectivity index (χ2v) is 5.46. The first-order valence-corrected chi connectivity index (χ1v) is 7.02. The highest BCUT2D eigenvalue weighted by Gasteiger charge is 2.09. The van der Waals surface area contributed by atoms with Gasteiger partial charge in [0.2, 0.25) is 0 Å². The van der Waals surface area contributed by atoms with Gasteiger partial charge in [-0.1, -0.05) is 25.4 Å². The van der Waals surface area contributed by atoms with Crippen LogP contribution in [0.4, 0.5) is 14.9 Å². The number of halogens is 2. The molecular formula is C14H20ClFN2O3. The number of carbonyl (C=O) groups is 1. The first kappa shape index (κ1) is 17.7. The van der Waals surface area contributed by atoms with E-state index in [1.807, 2.05) is 13.8 Å². The van der Waals surface area contributed by atoms with Crippen LogP contribution in [0.25, 0.3) is 0 Å². The second-order valence-electron chi connectivity index (χ2n) is 5.05. The zero-order chi connectivity index (χ0) is 15.8. The number of ether oxygens (including phenoxy) is 1. The highest BCUT2D eigenvalue weighted by atomic mass is 35.5. The van der Waals surface area contributed by atoms with Crippen molar-refractivity contribution in [2.45, 2.75) is 20.0 Å². The van der Waals surface area contributed by atoms with Gasteiger partial charge in [-0.15, -0.1) is 0 Å². The van der Waals surface area contributed by atoms with Crippen molar-refractivity contribution in [1.82, 2.24) is 5.32 Å². The molecule has 0 aliphatic heterocycles. The average molecular weight is 319 g/mol. The molecule has 0 aliphatic rings. The molecule has 118 valence electrons. The van der Waals surface area contributed by atoms with E-state index in [1.165, 1.54) is 12.1 Å². The third-order valence-corrected chi connectivity index (χ3v) is 2.73. The summed E-state index contributed by atoms with van der Waals surface area (Å²) >= 11 is 5.60. The first-order valence-electron chi connectivity index (χ1n) is 6.64. The minimum atomic E-state index is -0.786. The highest BCUT2D eigenvalue weighted by molar-refractivity contribution is 6.31. The van der Waals surface area contributed by atoms with Crippen LogP contribution in [0, 0.1) is 11.7 Å². The number of hydrogen-bond acceptors (Lipinski definition) is 3. The monoisotopic (exact) mass is 318 g/mol. The molecule has 0 aromatic heterocycles. The SMILES string of the molecule is CC(C)COCC(O)CNC(=O)Nc1ccc(F)c(Cl)c1. The summed E-state index contributed by atoms with van der Waals surface area (Å²) in [6.45, 7) is 4.77. The van der Waals surface area contributed by atoms with E-state index in [2.05, 4.69) is 10.6 Å². The minimum absolute atomic E-state index is 0.0544. The van der Waals surface area contributed by atoms with Crippen molar-refractivity contribution >= 4 is 23.3 Å². The lowest BCUT2D eigenvalue weighted by atomic mass is 10.2. The van der Waals surface area contributed by atoms with Gasteiger partial charge >= 0.3 is 6.03 Å². The maximum Gasteiger partial charge on any atom is 0.319 e. The summed E-state index contributed by atoms with van der Waals surface area (Å²) < 4.78 is 18.2. The molecule has 0 heterocycles. The Kier molecular flexibility index (Phi) is 7.42. The summed E-state index contributed by atoms with van der Waals surface area (Å²) in [5.41, 5.74) is 0.365. The number of aliphatic hydroxyl groups excluding tert-OH is 1. The lowest BCUT2D eigenvalue weighted by molar-refractivity contribution is 0.0274. The van der Waals surface area contributed by atoms with Crippen molar-refractivity contribution in [3.05, 3.63) is 29.0 Å². The van der Waals surface area contributed by atoms with E-state index in [0.29, 0.717) is 18.2 Å². The van der Waals surface area contributed by atoms with Crippen LogP contribution in [0.3, 0.4) is 0 Å². The average Bonchev–Trinajstić information content (AvgIpc) is 2.40. The standard InChI is InChI=1S/C14H20ClFN2O3/c1-9(2)7-21-8-11(19)6-17-14(20)18-10-3-4-13(16)12(15)5-10/h3-5,9,11,19H,6-8H2,1-2H3,(H2,17,18,20). The van der Waals surface area contributed by atoms with Crippen LogP contribution < -0.4 is 10.6 Å². The number of benzene rings is 1. The van der Waals surface area contributed by atoms with Crippen molar-refractivity contribution in [1.29, 1.82) is 0 Å². The van der Waals surface area contributed by atoms with Gasteiger partial charge in [0.1, 0.15) is 5.82 Å². The fourth-order valence-electron chi connectivity index (χ4n) is 1.46. The van der Waals surface area contributed by atoms with Gasteiger partial charge in [0.05, 0.1) is 17.7 Å². The molecule has 0 bridgehead atoms. The number of urea groups is 1. The van der Waals surface area contributed by atoms with E-state index in [0.717, 1.165) is 6.07 Å². The Morgan fingerprint density at radius 1 is 1.43 bits per heavy atom.